The van der Waals surface area contributed by atoms with Crippen LogP contribution in [0, 0.1) is 0 Å². The van der Waals surface area contributed by atoms with Gasteiger partial charge in [-0.1, -0.05) is 6.92 Å². The highest BCUT2D eigenvalue weighted by atomic mass is 16.5. The van der Waals surface area contributed by atoms with Gasteiger partial charge in [0.2, 0.25) is 0 Å². The number of methoxy groups -OCH3 is 1. The summed E-state index contributed by atoms with van der Waals surface area (Å²) in [5.74, 6) is 0. The van der Waals surface area contributed by atoms with E-state index in [0.717, 1.165) is 6.54 Å². The summed E-state index contributed by atoms with van der Waals surface area (Å²) in [4.78, 5) is 0. The molecule has 1 atom stereocenters. The Morgan fingerprint density at radius 2 is 2.20 bits per heavy atom. The molecule has 0 bridgehead atoms. The van der Waals surface area contributed by atoms with Crippen LogP contribution in [0.5, 0.6) is 0 Å². The molecule has 10 heavy (non-hydrogen) atoms. The standard InChI is InChI=1S/C7H17NO2/c1-4-8-5-7(2,9)6-10-3/h8-9H,4-6H2,1-3H3. The second-order valence-electron chi connectivity index (χ2n) is 2.71. The van der Waals surface area contributed by atoms with E-state index in [2.05, 4.69) is 5.32 Å². The van der Waals surface area contributed by atoms with Crippen molar-refractivity contribution in [3.63, 3.8) is 0 Å². The Bertz CT molecular complexity index is 83.7. The minimum atomic E-state index is -0.731. The first-order valence-electron chi connectivity index (χ1n) is 3.54. The first-order valence-corrected chi connectivity index (χ1v) is 3.54. The summed E-state index contributed by atoms with van der Waals surface area (Å²) in [6, 6.07) is 0. The SMILES string of the molecule is CCNCC(C)(O)COC. The van der Waals surface area contributed by atoms with Gasteiger partial charge in [0.05, 0.1) is 12.2 Å². The van der Waals surface area contributed by atoms with Crippen LogP contribution in [0.4, 0.5) is 0 Å². The largest absolute Gasteiger partial charge is 0.386 e. The Morgan fingerprint density at radius 3 is 2.60 bits per heavy atom. The maximum Gasteiger partial charge on any atom is 0.0975 e. The summed E-state index contributed by atoms with van der Waals surface area (Å²) in [6.45, 7) is 5.58. The van der Waals surface area contributed by atoms with Gasteiger partial charge < -0.3 is 15.2 Å². The van der Waals surface area contributed by atoms with Gasteiger partial charge in [-0.15, -0.1) is 0 Å². The van der Waals surface area contributed by atoms with Crippen LogP contribution >= 0.6 is 0 Å². The third-order valence-corrected chi connectivity index (χ3v) is 1.21. The van der Waals surface area contributed by atoms with Gasteiger partial charge in [0, 0.05) is 13.7 Å². The third-order valence-electron chi connectivity index (χ3n) is 1.21. The molecule has 0 amide bonds. The smallest absolute Gasteiger partial charge is 0.0975 e. The second kappa shape index (κ2) is 4.66. The molecule has 0 saturated carbocycles. The monoisotopic (exact) mass is 147 g/mol. The molecule has 2 N–H and O–H groups in total. The van der Waals surface area contributed by atoms with E-state index in [4.69, 9.17) is 4.74 Å². The average molecular weight is 147 g/mol. The number of nitrogens with one attached hydrogen (secondary N) is 1. The van der Waals surface area contributed by atoms with Crippen LogP contribution in [0.3, 0.4) is 0 Å². The molecule has 0 spiro atoms. The summed E-state index contributed by atoms with van der Waals surface area (Å²) < 4.78 is 4.81. The first-order chi connectivity index (χ1) is 4.62. The zero-order valence-corrected chi connectivity index (χ0v) is 6.98. The van der Waals surface area contributed by atoms with Gasteiger partial charge >= 0.3 is 0 Å². The van der Waals surface area contributed by atoms with Crippen molar-refractivity contribution in [1.82, 2.24) is 5.32 Å². The first kappa shape index (κ1) is 9.88. The normalized spacial score (nSPS) is 16.8. The fourth-order valence-electron chi connectivity index (χ4n) is 0.756. The lowest BCUT2D eigenvalue weighted by Gasteiger charge is -2.21. The van der Waals surface area contributed by atoms with Gasteiger partial charge in [-0.05, 0) is 13.5 Å². The van der Waals surface area contributed by atoms with Gasteiger partial charge in [-0.2, -0.15) is 0 Å². The highest BCUT2D eigenvalue weighted by Gasteiger charge is 2.18. The van der Waals surface area contributed by atoms with Crippen molar-refractivity contribution in [2.45, 2.75) is 19.4 Å². The van der Waals surface area contributed by atoms with E-state index in [1.165, 1.54) is 0 Å². The summed E-state index contributed by atoms with van der Waals surface area (Å²) in [7, 11) is 1.58. The van der Waals surface area contributed by atoms with Crippen LogP contribution in [0.15, 0.2) is 0 Å². The topological polar surface area (TPSA) is 41.5 Å². The van der Waals surface area contributed by atoms with E-state index in [1.54, 1.807) is 14.0 Å². The van der Waals surface area contributed by atoms with Crippen LogP contribution in [0.1, 0.15) is 13.8 Å². The van der Waals surface area contributed by atoms with Crippen molar-refractivity contribution >= 4 is 0 Å². The number of likely N-dealkylation sites (N-methyl/N-ethyl adjacent to an activating group) is 1. The Kier molecular flexibility index (Phi) is 4.60. The number of aliphatic hydroxyl groups is 1. The van der Waals surface area contributed by atoms with E-state index < -0.39 is 5.60 Å². The number of rotatable bonds is 5. The average Bonchev–Trinajstić information content (AvgIpc) is 1.84. The molecule has 0 aliphatic heterocycles. The Hall–Kier alpha value is -0.120. The Labute approximate surface area is 62.4 Å². The predicted molar refractivity (Wildman–Crippen MR) is 41.0 cm³/mol. The molecule has 0 fully saturated rings. The maximum absolute atomic E-state index is 9.46. The van der Waals surface area contributed by atoms with Crippen molar-refractivity contribution in [2.75, 3.05) is 26.8 Å². The third kappa shape index (κ3) is 4.73. The van der Waals surface area contributed by atoms with E-state index in [1.807, 2.05) is 6.92 Å². The van der Waals surface area contributed by atoms with Crippen LogP contribution in [0.2, 0.25) is 0 Å². The van der Waals surface area contributed by atoms with Crippen molar-refractivity contribution in [3.05, 3.63) is 0 Å². The van der Waals surface area contributed by atoms with E-state index in [-0.39, 0.29) is 0 Å². The second-order valence-corrected chi connectivity index (χ2v) is 2.71. The van der Waals surface area contributed by atoms with Crippen molar-refractivity contribution < 1.29 is 9.84 Å². The molecule has 0 radical (unpaired) electrons. The predicted octanol–water partition coefficient (Wildman–Crippen LogP) is -0.00670. The number of ether oxygens (including phenoxy) is 1. The molecule has 0 aromatic carbocycles. The van der Waals surface area contributed by atoms with Crippen LogP contribution in [-0.2, 0) is 4.74 Å². The zero-order valence-electron chi connectivity index (χ0n) is 6.98. The van der Waals surface area contributed by atoms with Gasteiger partial charge in [-0.25, -0.2) is 0 Å². The molecule has 1 unspecified atom stereocenters. The van der Waals surface area contributed by atoms with Gasteiger partial charge in [0.25, 0.3) is 0 Å². The fraction of sp³-hybridized carbons (Fsp3) is 1.00. The molecule has 0 saturated heterocycles. The Morgan fingerprint density at radius 1 is 1.60 bits per heavy atom. The Balaban J connectivity index is 3.42. The molecule has 3 heteroatoms. The number of hydrogen-bond donors (Lipinski definition) is 2. The van der Waals surface area contributed by atoms with E-state index in [9.17, 15) is 5.11 Å². The van der Waals surface area contributed by atoms with Gasteiger partial charge in [-0.3, -0.25) is 0 Å². The molecule has 3 nitrogen and oxygen atoms in total. The molecule has 0 rings (SSSR count). The van der Waals surface area contributed by atoms with Crippen LogP contribution in [-0.4, -0.2) is 37.5 Å². The fourth-order valence-corrected chi connectivity index (χ4v) is 0.756. The minimum Gasteiger partial charge on any atom is -0.386 e. The van der Waals surface area contributed by atoms with Crippen molar-refractivity contribution in [1.29, 1.82) is 0 Å². The summed E-state index contributed by atoms with van der Waals surface area (Å²) in [5, 5.41) is 12.5. The van der Waals surface area contributed by atoms with Crippen LogP contribution < -0.4 is 5.32 Å². The molecule has 0 heterocycles. The van der Waals surface area contributed by atoms with Gasteiger partial charge in [0.15, 0.2) is 0 Å². The van der Waals surface area contributed by atoms with E-state index in [0.29, 0.717) is 13.2 Å². The molecule has 0 aliphatic rings. The molecular weight excluding hydrogens is 130 g/mol. The lowest BCUT2D eigenvalue weighted by molar-refractivity contribution is -0.0151. The van der Waals surface area contributed by atoms with E-state index >= 15 is 0 Å². The zero-order chi connectivity index (χ0) is 8.04. The number of hydrogen-bond acceptors (Lipinski definition) is 3. The van der Waals surface area contributed by atoms with Gasteiger partial charge in [0.1, 0.15) is 0 Å². The van der Waals surface area contributed by atoms with Crippen molar-refractivity contribution in [2.24, 2.45) is 0 Å². The maximum atomic E-state index is 9.46. The molecule has 0 aromatic rings. The highest BCUT2D eigenvalue weighted by Crippen LogP contribution is 2.00. The minimum absolute atomic E-state index is 0.375. The summed E-state index contributed by atoms with van der Waals surface area (Å²) in [5.41, 5.74) is -0.731. The van der Waals surface area contributed by atoms with Crippen LogP contribution in [0.25, 0.3) is 0 Å². The molecule has 0 aromatic heterocycles. The molecule has 0 aliphatic carbocycles. The quantitative estimate of drug-likeness (QED) is 0.575. The summed E-state index contributed by atoms with van der Waals surface area (Å²) in [6.07, 6.45) is 0. The lowest BCUT2D eigenvalue weighted by Crippen LogP contribution is -2.41. The lowest BCUT2D eigenvalue weighted by atomic mass is 10.1. The van der Waals surface area contributed by atoms with Crippen molar-refractivity contribution in [3.8, 4) is 0 Å². The molecule has 62 valence electrons. The molecular formula is C7H17NO2. The summed E-state index contributed by atoms with van der Waals surface area (Å²) >= 11 is 0. The highest BCUT2D eigenvalue weighted by molar-refractivity contribution is 4.73.